The van der Waals surface area contributed by atoms with E-state index in [1.807, 2.05) is 11.0 Å². The average molecular weight is 389 g/mol. The molecule has 7 heteroatoms. The van der Waals surface area contributed by atoms with Crippen LogP contribution in [0.1, 0.15) is 29.3 Å². The number of ether oxygens (including phenoxy) is 1. The SMILES string of the molecule is O=C(NCc1ccc(-c2ccc3c(c2)CCO3)cc1)N1CCC(c2ncn[nH]2)C1. The third kappa shape index (κ3) is 3.68. The lowest BCUT2D eigenvalue weighted by atomic mass is 10.0. The molecule has 3 aromatic rings. The van der Waals surface area contributed by atoms with E-state index in [1.165, 1.54) is 23.0 Å². The van der Waals surface area contributed by atoms with Crippen molar-refractivity contribution >= 4 is 6.03 Å². The van der Waals surface area contributed by atoms with Crippen LogP contribution in [-0.2, 0) is 13.0 Å². The summed E-state index contributed by atoms with van der Waals surface area (Å²) in [6.07, 6.45) is 3.39. The lowest BCUT2D eigenvalue weighted by Crippen LogP contribution is -2.38. The minimum atomic E-state index is -0.0327. The van der Waals surface area contributed by atoms with Crippen molar-refractivity contribution in [1.29, 1.82) is 0 Å². The van der Waals surface area contributed by atoms with E-state index in [1.54, 1.807) is 0 Å². The molecule has 2 amide bonds. The number of urea groups is 1. The highest BCUT2D eigenvalue weighted by atomic mass is 16.5. The summed E-state index contributed by atoms with van der Waals surface area (Å²) >= 11 is 0. The van der Waals surface area contributed by atoms with Gasteiger partial charge in [0.05, 0.1) is 6.61 Å². The predicted octanol–water partition coefficient (Wildman–Crippen LogP) is 3.11. The Morgan fingerprint density at radius 1 is 1.21 bits per heavy atom. The first-order chi connectivity index (χ1) is 14.3. The van der Waals surface area contributed by atoms with Gasteiger partial charge in [-0.3, -0.25) is 5.10 Å². The zero-order valence-corrected chi connectivity index (χ0v) is 16.1. The minimum Gasteiger partial charge on any atom is -0.493 e. The lowest BCUT2D eigenvalue weighted by molar-refractivity contribution is 0.207. The first-order valence-corrected chi connectivity index (χ1v) is 9.99. The number of rotatable bonds is 4. The number of benzene rings is 2. The molecule has 0 saturated carbocycles. The molecule has 0 radical (unpaired) electrons. The Labute approximate surface area is 169 Å². The minimum absolute atomic E-state index is 0.0327. The lowest BCUT2D eigenvalue weighted by Gasteiger charge is -2.17. The molecule has 5 rings (SSSR count). The standard InChI is InChI=1S/C22H23N5O2/c28-22(27-9-7-19(13-27)21-24-14-25-26-21)23-12-15-1-3-16(4-2-15)17-5-6-20-18(11-17)8-10-29-20/h1-6,11,14,19H,7-10,12-13H2,(H,23,28)(H,24,25,26). The first-order valence-electron chi connectivity index (χ1n) is 9.99. The van der Waals surface area contributed by atoms with Crippen molar-refractivity contribution in [3.63, 3.8) is 0 Å². The van der Waals surface area contributed by atoms with Crippen LogP contribution in [0.3, 0.4) is 0 Å². The van der Waals surface area contributed by atoms with Gasteiger partial charge in [0, 0.05) is 32.0 Å². The summed E-state index contributed by atoms with van der Waals surface area (Å²) in [5.41, 5.74) is 4.72. The maximum atomic E-state index is 12.5. The van der Waals surface area contributed by atoms with Gasteiger partial charge in [0.1, 0.15) is 17.9 Å². The molecule has 29 heavy (non-hydrogen) atoms. The van der Waals surface area contributed by atoms with Crippen LogP contribution in [-0.4, -0.2) is 45.8 Å². The molecule has 1 unspecified atom stereocenters. The maximum Gasteiger partial charge on any atom is 0.317 e. The van der Waals surface area contributed by atoms with Crippen LogP contribution in [0, 0.1) is 0 Å². The summed E-state index contributed by atoms with van der Waals surface area (Å²) in [5.74, 6) is 2.09. The third-order valence-electron chi connectivity index (χ3n) is 5.72. The number of carbonyl (C=O) groups is 1. The third-order valence-corrected chi connectivity index (χ3v) is 5.72. The van der Waals surface area contributed by atoms with Crippen molar-refractivity contribution in [1.82, 2.24) is 25.4 Å². The highest BCUT2D eigenvalue weighted by Gasteiger charge is 2.28. The zero-order chi connectivity index (χ0) is 19.6. The molecular weight excluding hydrogens is 366 g/mol. The molecule has 2 aromatic carbocycles. The van der Waals surface area contributed by atoms with Gasteiger partial charge in [0.15, 0.2) is 0 Å². The van der Waals surface area contributed by atoms with Crippen LogP contribution in [0.5, 0.6) is 5.75 Å². The highest BCUT2D eigenvalue weighted by molar-refractivity contribution is 5.74. The number of hydrogen-bond donors (Lipinski definition) is 2. The number of H-pyrrole nitrogens is 1. The molecule has 0 aliphatic carbocycles. The monoisotopic (exact) mass is 389 g/mol. The van der Waals surface area contributed by atoms with Crippen molar-refractivity contribution in [2.45, 2.75) is 25.3 Å². The topological polar surface area (TPSA) is 83.1 Å². The predicted molar refractivity (Wildman–Crippen MR) is 109 cm³/mol. The molecule has 148 valence electrons. The fourth-order valence-corrected chi connectivity index (χ4v) is 4.05. The first kappa shape index (κ1) is 17.7. The fraction of sp³-hybridized carbons (Fsp3) is 0.318. The Balaban J connectivity index is 1.17. The molecule has 1 saturated heterocycles. The molecule has 3 heterocycles. The van der Waals surface area contributed by atoms with Gasteiger partial charge in [0.2, 0.25) is 0 Å². The number of hydrogen-bond acceptors (Lipinski definition) is 4. The number of nitrogens with zero attached hydrogens (tertiary/aromatic N) is 3. The van der Waals surface area contributed by atoms with Crippen molar-refractivity contribution in [3.8, 4) is 16.9 Å². The number of likely N-dealkylation sites (tertiary alicyclic amines) is 1. The summed E-state index contributed by atoms with van der Waals surface area (Å²) in [6, 6.07) is 14.7. The van der Waals surface area contributed by atoms with Crippen LogP contribution in [0.15, 0.2) is 48.8 Å². The molecular formula is C22H23N5O2. The summed E-state index contributed by atoms with van der Waals surface area (Å²) in [4.78, 5) is 18.5. The Bertz CT molecular complexity index is 1000. The molecule has 0 bridgehead atoms. The fourth-order valence-electron chi connectivity index (χ4n) is 4.05. The highest BCUT2D eigenvalue weighted by Crippen LogP contribution is 2.30. The Morgan fingerprint density at radius 2 is 2.07 bits per heavy atom. The van der Waals surface area contributed by atoms with Crippen LogP contribution < -0.4 is 10.1 Å². The molecule has 2 N–H and O–H groups in total. The molecule has 7 nitrogen and oxygen atoms in total. The quantitative estimate of drug-likeness (QED) is 0.718. The van der Waals surface area contributed by atoms with Gasteiger partial charge in [0.25, 0.3) is 0 Å². The van der Waals surface area contributed by atoms with Gasteiger partial charge >= 0.3 is 6.03 Å². The van der Waals surface area contributed by atoms with Crippen LogP contribution in [0.4, 0.5) is 4.79 Å². The smallest absolute Gasteiger partial charge is 0.317 e. The molecule has 2 aliphatic rings. The number of carbonyl (C=O) groups excluding carboxylic acids is 1. The molecule has 1 aromatic heterocycles. The van der Waals surface area contributed by atoms with E-state index in [-0.39, 0.29) is 11.9 Å². The van der Waals surface area contributed by atoms with Crippen molar-refractivity contribution in [2.75, 3.05) is 19.7 Å². The van der Waals surface area contributed by atoms with Crippen LogP contribution in [0.2, 0.25) is 0 Å². The van der Waals surface area contributed by atoms with Crippen molar-refractivity contribution in [3.05, 3.63) is 65.7 Å². The average Bonchev–Trinajstić information content (AvgIpc) is 3.52. The van der Waals surface area contributed by atoms with Gasteiger partial charge in [-0.1, -0.05) is 30.3 Å². The second-order valence-corrected chi connectivity index (χ2v) is 7.58. The Hall–Kier alpha value is -3.35. The summed E-state index contributed by atoms with van der Waals surface area (Å²) in [6.45, 7) is 2.69. The van der Waals surface area contributed by atoms with E-state index in [0.717, 1.165) is 43.1 Å². The van der Waals surface area contributed by atoms with E-state index in [2.05, 4.69) is 56.9 Å². The number of nitrogens with one attached hydrogen (secondary N) is 2. The van der Waals surface area contributed by atoms with E-state index >= 15 is 0 Å². The van der Waals surface area contributed by atoms with Gasteiger partial charge in [-0.05, 0) is 40.8 Å². The Kier molecular flexibility index (Phi) is 4.63. The zero-order valence-electron chi connectivity index (χ0n) is 16.1. The summed E-state index contributed by atoms with van der Waals surface area (Å²) in [5, 5.41) is 9.82. The van der Waals surface area contributed by atoms with E-state index < -0.39 is 0 Å². The number of fused-ring (bicyclic) bond motifs is 1. The molecule has 0 spiro atoms. The largest absolute Gasteiger partial charge is 0.493 e. The number of aromatic nitrogens is 3. The molecule has 1 atom stereocenters. The molecule has 2 aliphatic heterocycles. The van der Waals surface area contributed by atoms with E-state index in [9.17, 15) is 4.79 Å². The van der Waals surface area contributed by atoms with Gasteiger partial charge in [-0.2, -0.15) is 5.10 Å². The maximum absolute atomic E-state index is 12.5. The van der Waals surface area contributed by atoms with Crippen LogP contribution in [0.25, 0.3) is 11.1 Å². The van der Waals surface area contributed by atoms with E-state index in [0.29, 0.717) is 13.1 Å². The summed E-state index contributed by atoms with van der Waals surface area (Å²) < 4.78 is 5.58. The van der Waals surface area contributed by atoms with Gasteiger partial charge < -0.3 is 15.0 Å². The molecule has 1 fully saturated rings. The van der Waals surface area contributed by atoms with Crippen molar-refractivity contribution in [2.24, 2.45) is 0 Å². The van der Waals surface area contributed by atoms with Crippen LogP contribution >= 0.6 is 0 Å². The number of aromatic amines is 1. The summed E-state index contributed by atoms with van der Waals surface area (Å²) in [7, 11) is 0. The normalized spacial score (nSPS) is 17.8. The van der Waals surface area contributed by atoms with Gasteiger partial charge in [-0.25, -0.2) is 9.78 Å². The number of amides is 2. The van der Waals surface area contributed by atoms with Crippen molar-refractivity contribution < 1.29 is 9.53 Å². The van der Waals surface area contributed by atoms with Gasteiger partial charge in [-0.15, -0.1) is 0 Å². The van der Waals surface area contributed by atoms with E-state index in [4.69, 9.17) is 4.74 Å². The Morgan fingerprint density at radius 3 is 2.90 bits per heavy atom. The second kappa shape index (κ2) is 7.58. The second-order valence-electron chi connectivity index (χ2n) is 7.58.